The van der Waals surface area contributed by atoms with E-state index in [1.807, 2.05) is 6.20 Å². The molecule has 340 valence electrons. The maximum Gasteiger partial charge on any atom is 0.137 e. The molecule has 8 aromatic carbocycles. The van der Waals surface area contributed by atoms with Gasteiger partial charge in [-0.1, -0.05) is 176 Å². The number of pyridine rings is 1. The van der Waals surface area contributed by atoms with Gasteiger partial charge in [0.2, 0.25) is 0 Å². The van der Waals surface area contributed by atoms with Crippen molar-refractivity contribution in [2.45, 2.75) is 64.7 Å². The molecule has 0 spiro atoms. The minimum absolute atomic E-state index is 0.0255. The third-order valence-corrected chi connectivity index (χ3v) is 14.4. The molecule has 0 fully saturated rings. The van der Waals surface area contributed by atoms with E-state index in [1.54, 1.807) is 0 Å². The minimum atomic E-state index is -0.337. The molecule has 0 bridgehead atoms. The van der Waals surface area contributed by atoms with Crippen molar-refractivity contribution in [3.05, 3.63) is 240 Å². The van der Waals surface area contributed by atoms with Crippen LogP contribution in [0.3, 0.4) is 0 Å². The van der Waals surface area contributed by atoms with Gasteiger partial charge in [-0.3, -0.25) is 4.57 Å². The van der Waals surface area contributed by atoms with Crippen molar-refractivity contribution in [1.82, 2.24) is 9.55 Å². The lowest BCUT2D eigenvalue weighted by Crippen LogP contribution is -2.26. The van der Waals surface area contributed by atoms with E-state index in [-0.39, 0.29) is 16.2 Å². The van der Waals surface area contributed by atoms with Crippen LogP contribution in [0.4, 0.5) is 22.7 Å². The van der Waals surface area contributed by atoms with E-state index >= 15 is 0 Å². The highest BCUT2D eigenvalue weighted by Crippen LogP contribution is 2.48. The normalized spacial score (nSPS) is 13.0. The quantitative estimate of drug-likeness (QED) is 0.137. The maximum atomic E-state index is 7.11. The van der Waals surface area contributed by atoms with Crippen LogP contribution in [0, 0.1) is 0 Å². The third-order valence-electron chi connectivity index (χ3n) is 14.4. The van der Waals surface area contributed by atoms with E-state index in [1.165, 1.54) is 38.8 Å². The first kappa shape index (κ1) is 43.7. The second kappa shape index (κ2) is 17.0. The second-order valence-electron chi connectivity index (χ2n) is 20.6. The molecule has 0 unspecified atom stereocenters. The molecule has 3 heterocycles. The van der Waals surface area contributed by atoms with Gasteiger partial charge in [-0.15, -0.1) is 0 Å². The summed E-state index contributed by atoms with van der Waals surface area (Å²) in [6.45, 7) is 16.6. The zero-order valence-electron chi connectivity index (χ0n) is 40.6. The molecule has 0 saturated heterocycles. The average Bonchev–Trinajstić information content (AvgIpc) is 3.93. The topological polar surface area (TPSA) is 33.5 Å². The Morgan fingerprint density at radius 1 is 0.406 bits per heavy atom. The first-order valence-corrected chi connectivity index (χ1v) is 24.1. The van der Waals surface area contributed by atoms with E-state index in [0.717, 1.165) is 62.0 Å². The van der Waals surface area contributed by atoms with Crippen molar-refractivity contribution in [3.8, 4) is 28.4 Å². The summed E-state index contributed by atoms with van der Waals surface area (Å²) in [5.74, 6) is 2.42. The van der Waals surface area contributed by atoms with Gasteiger partial charge in [0.15, 0.2) is 0 Å². The van der Waals surface area contributed by atoms with Crippen molar-refractivity contribution in [2.24, 2.45) is 0 Å². The molecule has 1 aliphatic rings. The number of hydrogen-bond acceptors (Lipinski definition) is 4. The molecule has 10 aromatic rings. The van der Waals surface area contributed by atoms with E-state index in [2.05, 4.69) is 269 Å². The van der Waals surface area contributed by atoms with Gasteiger partial charge >= 0.3 is 0 Å². The monoisotopic (exact) mass is 898 g/mol. The summed E-state index contributed by atoms with van der Waals surface area (Å²) in [4.78, 5) is 9.86. The molecule has 0 saturated carbocycles. The first-order valence-electron chi connectivity index (χ1n) is 24.1. The van der Waals surface area contributed by atoms with Gasteiger partial charge in [0.1, 0.15) is 24.0 Å². The number of aromatic nitrogens is 2. The van der Waals surface area contributed by atoms with Crippen LogP contribution in [0.2, 0.25) is 0 Å². The van der Waals surface area contributed by atoms with Gasteiger partial charge in [0.25, 0.3) is 0 Å². The number of anilines is 4. The summed E-state index contributed by atoms with van der Waals surface area (Å²) in [6.07, 6.45) is 1.93. The van der Waals surface area contributed by atoms with E-state index in [4.69, 9.17) is 9.72 Å². The molecule has 5 heteroatoms. The van der Waals surface area contributed by atoms with Gasteiger partial charge in [-0.05, 0) is 111 Å². The Bertz CT molecular complexity index is 3490. The maximum absolute atomic E-state index is 7.11. The largest absolute Gasteiger partial charge is 0.457 e. The molecule has 11 rings (SSSR count). The summed E-state index contributed by atoms with van der Waals surface area (Å²) in [7, 11) is 0. The van der Waals surface area contributed by atoms with Crippen molar-refractivity contribution in [3.63, 3.8) is 0 Å². The molecule has 69 heavy (non-hydrogen) atoms. The van der Waals surface area contributed by atoms with Crippen LogP contribution >= 0.6 is 0 Å². The Morgan fingerprint density at radius 3 is 1.59 bits per heavy atom. The van der Waals surface area contributed by atoms with E-state index in [0.29, 0.717) is 6.67 Å². The Balaban J connectivity index is 1.04. The van der Waals surface area contributed by atoms with Crippen molar-refractivity contribution in [1.29, 1.82) is 0 Å². The molecule has 5 nitrogen and oxygen atoms in total. The second-order valence-corrected chi connectivity index (χ2v) is 20.6. The Labute approximate surface area is 406 Å². The molecule has 0 atom stereocenters. The smallest absolute Gasteiger partial charge is 0.137 e. The number of rotatable bonds is 10. The molecule has 0 N–H and O–H groups in total. The lowest BCUT2D eigenvalue weighted by atomic mass is 9.77. The van der Waals surface area contributed by atoms with Gasteiger partial charge in [-0.25, -0.2) is 4.98 Å². The predicted molar refractivity (Wildman–Crippen MR) is 288 cm³/mol. The zero-order chi connectivity index (χ0) is 47.5. The lowest BCUT2D eigenvalue weighted by molar-refractivity contribution is 0.480. The predicted octanol–water partition coefficient (Wildman–Crippen LogP) is 16.8. The molecule has 0 radical (unpaired) electrons. The number of nitrogens with zero attached hydrogens (tertiary/aromatic N) is 4. The number of hydrogen-bond donors (Lipinski definition) is 0. The summed E-state index contributed by atoms with van der Waals surface area (Å²) >= 11 is 0. The SMILES string of the molecule is CC(C)(C)c1ccnc(-n2c3ccccc3c3ccc(Oc4cc(N5CN(c6cc(-c7ccccc7)cc(C(C)(C)c7ccccc7)c6)c6ccccc65)cc(C(C)(C)c5ccccc5)c4)cc32)c1. The van der Waals surface area contributed by atoms with Crippen LogP contribution in [0.25, 0.3) is 38.8 Å². The highest BCUT2D eigenvalue weighted by molar-refractivity contribution is 6.09. The Morgan fingerprint density at radius 2 is 0.957 bits per heavy atom. The fourth-order valence-electron chi connectivity index (χ4n) is 10.2. The van der Waals surface area contributed by atoms with E-state index < -0.39 is 0 Å². The van der Waals surface area contributed by atoms with Crippen LogP contribution in [-0.2, 0) is 16.2 Å². The number of para-hydroxylation sites is 3. The fourth-order valence-corrected chi connectivity index (χ4v) is 10.2. The summed E-state index contributed by atoms with van der Waals surface area (Å²) < 4.78 is 9.39. The molecule has 2 aromatic heterocycles. The van der Waals surface area contributed by atoms with Crippen molar-refractivity contribution < 1.29 is 4.74 Å². The molecular formula is C64H58N4O. The number of fused-ring (bicyclic) bond motifs is 4. The van der Waals surface area contributed by atoms with Gasteiger partial charge in [0, 0.05) is 51.3 Å². The van der Waals surface area contributed by atoms with E-state index in [9.17, 15) is 0 Å². The third kappa shape index (κ3) is 8.02. The van der Waals surface area contributed by atoms with Crippen LogP contribution in [0.1, 0.15) is 76.3 Å². The summed E-state index contributed by atoms with van der Waals surface area (Å²) in [5, 5.41) is 2.33. The highest BCUT2D eigenvalue weighted by atomic mass is 16.5. The van der Waals surface area contributed by atoms with Gasteiger partial charge in [0.05, 0.1) is 22.4 Å². The molecular weight excluding hydrogens is 841 g/mol. The Kier molecular flexibility index (Phi) is 10.8. The lowest BCUT2D eigenvalue weighted by Gasteiger charge is -2.30. The standard InChI is InChI=1S/C64H58N4O/c1-62(2,3)48-33-34-65-61(40-48)68-57-28-18-17-27-55(57)56-32-31-53(42-60(56)68)69-54-39-50(64(6,7)47-25-15-10-16-26-47)38-52(41-54)67-43-66(58-29-19-20-30-59(58)67)51-36-45(44-21-11-8-12-22-44)35-49(37-51)63(4,5)46-23-13-9-14-24-46/h8-42H,43H2,1-7H3. The van der Waals surface area contributed by atoms with Crippen LogP contribution in [-0.4, -0.2) is 16.2 Å². The molecule has 0 amide bonds. The van der Waals surface area contributed by atoms with Crippen LogP contribution < -0.4 is 14.5 Å². The highest BCUT2D eigenvalue weighted by Gasteiger charge is 2.33. The van der Waals surface area contributed by atoms with Crippen molar-refractivity contribution in [2.75, 3.05) is 16.5 Å². The van der Waals surface area contributed by atoms with Crippen LogP contribution in [0.15, 0.2) is 212 Å². The number of ether oxygens (including phenoxy) is 1. The van der Waals surface area contributed by atoms with Gasteiger partial charge < -0.3 is 14.5 Å². The summed E-state index contributed by atoms with van der Waals surface area (Å²) in [6, 6.07) is 74.6. The summed E-state index contributed by atoms with van der Waals surface area (Å²) in [5.41, 5.74) is 14.6. The minimum Gasteiger partial charge on any atom is -0.457 e. The van der Waals surface area contributed by atoms with Gasteiger partial charge in [-0.2, -0.15) is 0 Å². The first-order chi connectivity index (χ1) is 33.3. The number of benzene rings is 8. The molecule has 1 aliphatic heterocycles. The van der Waals surface area contributed by atoms with Crippen LogP contribution in [0.5, 0.6) is 11.5 Å². The molecule has 0 aliphatic carbocycles. The average molecular weight is 899 g/mol. The zero-order valence-corrected chi connectivity index (χ0v) is 40.6. The Hall–Kier alpha value is -7.89. The van der Waals surface area contributed by atoms with Crippen molar-refractivity contribution >= 4 is 44.6 Å². The fraction of sp³-hybridized carbons (Fsp3) is 0.172.